The van der Waals surface area contributed by atoms with Crippen molar-refractivity contribution < 1.29 is 15.0 Å². The first-order valence-electron chi connectivity index (χ1n) is 6.19. The van der Waals surface area contributed by atoms with Crippen LogP contribution in [0.1, 0.15) is 25.7 Å². The second-order valence-electron chi connectivity index (χ2n) is 4.66. The first-order valence-corrected chi connectivity index (χ1v) is 6.19. The van der Waals surface area contributed by atoms with Crippen molar-refractivity contribution in [3.8, 4) is 5.75 Å². The van der Waals surface area contributed by atoms with E-state index in [0.717, 1.165) is 31.4 Å². The summed E-state index contributed by atoms with van der Waals surface area (Å²) in [6.07, 6.45) is 2.51. The molecule has 1 aliphatic rings. The van der Waals surface area contributed by atoms with Crippen LogP contribution < -0.4 is 10.6 Å². The molecular weight excluding hydrogens is 232 g/mol. The summed E-state index contributed by atoms with van der Waals surface area (Å²) in [6.45, 7) is 0. The Morgan fingerprint density at radius 3 is 2.33 bits per heavy atom. The number of phenolic OH excluding ortho intramolecular Hbond substituents is 1. The smallest absolute Gasteiger partial charge is 0.404 e. The molecule has 5 heteroatoms. The molecule has 4 N–H and O–H groups in total. The zero-order valence-corrected chi connectivity index (χ0v) is 10.1. The summed E-state index contributed by atoms with van der Waals surface area (Å²) in [5, 5.41) is 24.1. The molecule has 2 rings (SSSR count). The molecule has 0 bridgehead atoms. The van der Waals surface area contributed by atoms with Crippen LogP contribution in [0.15, 0.2) is 24.3 Å². The molecule has 0 aliphatic heterocycles. The molecule has 0 saturated heterocycles. The van der Waals surface area contributed by atoms with Gasteiger partial charge in [0.05, 0.1) is 5.69 Å². The Morgan fingerprint density at radius 1 is 1.11 bits per heavy atom. The van der Waals surface area contributed by atoms with Gasteiger partial charge >= 0.3 is 6.09 Å². The van der Waals surface area contributed by atoms with Crippen LogP contribution in [0, 0.1) is 0 Å². The average Bonchev–Trinajstić information content (AvgIpc) is 2.34. The summed E-state index contributed by atoms with van der Waals surface area (Å²) in [7, 11) is 0. The van der Waals surface area contributed by atoms with E-state index >= 15 is 0 Å². The van der Waals surface area contributed by atoms with Crippen LogP contribution in [0.25, 0.3) is 0 Å². The Kier molecular flexibility index (Phi) is 3.92. The second-order valence-corrected chi connectivity index (χ2v) is 4.66. The van der Waals surface area contributed by atoms with Crippen molar-refractivity contribution in [2.75, 3.05) is 5.32 Å². The van der Waals surface area contributed by atoms with Gasteiger partial charge in [-0.15, -0.1) is 0 Å². The van der Waals surface area contributed by atoms with Crippen LogP contribution in [-0.2, 0) is 0 Å². The van der Waals surface area contributed by atoms with Gasteiger partial charge < -0.3 is 20.8 Å². The fraction of sp³-hybridized carbons (Fsp3) is 0.462. The number of hydrogen-bond donors (Lipinski definition) is 4. The molecule has 1 aromatic rings. The molecule has 0 unspecified atom stereocenters. The van der Waals surface area contributed by atoms with E-state index in [-0.39, 0.29) is 11.8 Å². The van der Waals surface area contributed by atoms with E-state index in [1.807, 2.05) is 12.1 Å². The molecule has 0 atom stereocenters. The lowest BCUT2D eigenvalue weighted by Gasteiger charge is -2.29. The van der Waals surface area contributed by atoms with Gasteiger partial charge in [0.15, 0.2) is 0 Å². The monoisotopic (exact) mass is 250 g/mol. The normalized spacial score (nSPS) is 23.3. The summed E-state index contributed by atoms with van der Waals surface area (Å²) in [5.74, 6) is 0.253. The minimum Gasteiger partial charge on any atom is -0.506 e. The predicted molar refractivity (Wildman–Crippen MR) is 68.9 cm³/mol. The van der Waals surface area contributed by atoms with Crippen molar-refractivity contribution >= 4 is 11.8 Å². The summed E-state index contributed by atoms with van der Waals surface area (Å²) >= 11 is 0. The van der Waals surface area contributed by atoms with Gasteiger partial charge in [-0.3, -0.25) is 0 Å². The Hall–Kier alpha value is -1.91. The highest BCUT2D eigenvalue weighted by atomic mass is 16.4. The maximum absolute atomic E-state index is 10.5. The molecule has 98 valence electrons. The largest absolute Gasteiger partial charge is 0.506 e. The lowest BCUT2D eigenvalue weighted by atomic mass is 9.91. The summed E-state index contributed by atoms with van der Waals surface area (Å²) in [5.41, 5.74) is 0.743. The Morgan fingerprint density at radius 2 is 1.72 bits per heavy atom. The summed E-state index contributed by atoms with van der Waals surface area (Å²) in [6, 6.07) is 7.51. The van der Waals surface area contributed by atoms with Crippen molar-refractivity contribution in [1.82, 2.24) is 5.32 Å². The molecule has 1 fully saturated rings. The van der Waals surface area contributed by atoms with E-state index in [0.29, 0.717) is 6.04 Å². The third-order valence-electron chi connectivity index (χ3n) is 3.32. The molecular formula is C13H18N2O3. The number of amides is 1. The topological polar surface area (TPSA) is 81.6 Å². The highest BCUT2D eigenvalue weighted by molar-refractivity contribution is 5.64. The number of hydrogen-bond acceptors (Lipinski definition) is 3. The number of benzene rings is 1. The highest BCUT2D eigenvalue weighted by Crippen LogP contribution is 2.27. The fourth-order valence-electron chi connectivity index (χ4n) is 2.37. The van der Waals surface area contributed by atoms with Gasteiger partial charge in [0.25, 0.3) is 0 Å². The quantitative estimate of drug-likeness (QED) is 0.621. The van der Waals surface area contributed by atoms with Crippen molar-refractivity contribution in [2.45, 2.75) is 37.8 Å². The molecule has 1 aromatic carbocycles. The van der Waals surface area contributed by atoms with Gasteiger partial charge in [0.1, 0.15) is 5.75 Å². The lowest BCUT2D eigenvalue weighted by Crippen LogP contribution is -2.39. The number of nitrogens with one attached hydrogen (secondary N) is 2. The van der Waals surface area contributed by atoms with E-state index in [2.05, 4.69) is 10.6 Å². The molecule has 0 radical (unpaired) electrons. The lowest BCUT2D eigenvalue weighted by molar-refractivity contribution is 0.185. The zero-order valence-electron chi connectivity index (χ0n) is 10.1. The van der Waals surface area contributed by atoms with Crippen LogP contribution in [0.2, 0.25) is 0 Å². The van der Waals surface area contributed by atoms with E-state index in [9.17, 15) is 9.90 Å². The molecule has 5 nitrogen and oxygen atoms in total. The van der Waals surface area contributed by atoms with Crippen molar-refractivity contribution in [3.63, 3.8) is 0 Å². The Bertz CT molecular complexity index is 414. The SMILES string of the molecule is O=C(O)NC1CCC(Nc2ccccc2O)CC1. The number of para-hydroxylation sites is 2. The standard InChI is InChI=1S/C13H18N2O3/c16-12-4-2-1-3-11(12)14-9-5-7-10(8-6-9)15-13(17)18/h1-4,9-10,14-16H,5-8H2,(H,17,18). The minimum absolute atomic E-state index is 0.0601. The van der Waals surface area contributed by atoms with E-state index in [4.69, 9.17) is 5.11 Å². The van der Waals surface area contributed by atoms with Crippen LogP contribution in [0.4, 0.5) is 10.5 Å². The number of carbonyl (C=O) groups is 1. The molecule has 18 heavy (non-hydrogen) atoms. The predicted octanol–water partition coefficient (Wildman–Crippen LogP) is 2.38. The number of phenols is 1. The maximum Gasteiger partial charge on any atom is 0.404 e. The van der Waals surface area contributed by atoms with Crippen LogP contribution in [-0.4, -0.2) is 28.4 Å². The van der Waals surface area contributed by atoms with Crippen LogP contribution in [0.5, 0.6) is 5.75 Å². The van der Waals surface area contributed by atoms with E-state index in [1.54, 1.807) is 12.1 Å². The van der Waals surface area contributed by atoms with Crippen LogP contribution >= 0.6 is 0 Å². The maximum atomic E-state index is 10.5. The van der Waals surface area contributed by atoms with Gasteiger partial charge in [-0.25, -0.2) is 4.79 Å². The summed E-state index contributed by atoms with van der Waals surface area (Å²) < 4.78 is 0. The number of aromatic hydroxyl groups is 1. The van der Waals surface area contributed by atoms with Gasteiger partial charge in [-0.05, 0) is 37.8 Å². The molecule has 0 heterocycles. The van der Waals surface area contributed by atoms with Gasteiger partial charge in [0, 0.05) is 12.1 Å². The van der Waals surface area contributed by atoms with Crippen molar-refractivity contribution in [1.29, 1.82) is 0 Å². The third kappa shape index (κ3) is 3.29. The Balaban J connectivity index is 1.84. The molecule has 1 aliphatic carbocycles. The van der Waals surface area contributed by atoms with Crippen LogP contribution in [0.3, 0.4) is 0 Å². The highest BCUT2D eigenvalue weighted by Gasteiger charge is 2.22. The second kappa shape index (κ2) is 5.62. The van der Waals surface area contributed by atoms with E-state index < -0.39 is 6.09 Å². The Labute approximate surface area is 106 Å². The van der Waals surface area contributed by atoms with Gasteiger partial charge in [-0.2, -0.15) is 0 Å². The number of anilines is 1. The summed E-state index contributed by atoms with van der Waals surface area (Å²) in [4.78, 5) is 10.5. The average molecular weight is 250 g/mol. The molecule has 0 aromatic heterocycles. The molecule has 1 saturated carbocycles. The molecule has 1 amide bonds. The first-order chi connectivity index (χ1) is 8.65. The zero-order chi connectivity index (χ0) is 13.0. The van der Waals surface area contributed by atoms with Crippen molar-refractivity contribution in [2.24, 2.45) is 0 Å². The number of carboxylic acid groups (broad SMARTS) is 1. The third-order valence-corrected chi connectivity index (χ3v) is 3.32. The number of rotatable bonds is 3. The van der Waals surface area contributed by atoms with Gasteiger partial charge in [-0.1, -0.05) is 12.1 Å². The molecule has 0 spiro atoms. The minimum atomic E-state index is -0.952. The fourth-order valence-corrected chi connectivity index (χ4v) is 2.37. The first kappa shape index (κ1) is 12.5. The van der Waals surface area contributed by atoms with Gasteiger partial charge in [0.2, 0.25) is 0 Å². The van der Waals surface area contributed by atoms with Crippen molar-refractivity contribution in [3.05, 3.63) is 24.3 Å². The van der Waals surface area contributed by atoms with E-state index in [1.165, 1.54) is 0 Å².